The van der Waals surface area contributed by atoms with Crippen molar-refractivity contribution in [2.24, 2.45) is 5.92 Å². The van der Waals surface area contributed by atoms with Crippen molar-refractivity contribution in [3.8, 4) is 0 Å². The number of aliphatic hydroxyl groups excluding tert-OH is 1. The van der Waals surface area contributed by atoms with Crippen LogP contribution in [0.25, 0.3) is 0 Å². The van der Waals surface area contributed by atoms with Gasteiger partial charge in [-0.15, -0.1) is 0 Å². The van der Waals surface area contributed by atoms with Gasteiger partial charge in [-0.25, -0.2) is 0 Å². The molecule has 101 heavy (non-hydrogen) atoms. The molecule has 1 unspecified atom stereocenters. The highest BCUT2D eigenvalue weighted by atomic mass is 16.3. The summed E-state index contributed by atoms with van der Waals surface area (Å²) in [6.45, 7) is 48.5. The van der Waals surface area contributed by atoms with Crippen LogP contribution in [-0.4, -0.2) is 11.7 Å². The third-order valence-corrected chi connectivity index (χ3v) is 20.4. The van der Waals surface area contributed by atoms with Crippen LogP contribution in [0.1, 0.15) is 396 Å². The molecular weight excluding hydrogens is 1220 g/mol. The van der Waals surface area contributed by atoms with Gasteiger partial charge in [-0.2, -0.15) is 0 Å². The predicted molar refractivity (Wildman–Crippen MR) is 463 cm³/mol. The van der Waals surface area contributed by atoms with Gasteiger partial charge in [0.2, 0.25) is 0 Å². The number of rotatable bonds is 59. The molecule has 0 aliphatic heterocycles. The van der Waals surface area contributed by atoms with Crippen molar-refractivity contribution in [2.75, 3.05) is 6.61 Å². The van der Waals surface area contributed by atoms with Crippen molar-refractivity contribution in [1.29, 1.82) is 0 Å². The normalized spacial score (nSPS) is 15.5. The summed E-state index contributed by atoms with van der Waals surface area (Å²) in [5.41, 5.74) is 28.9. The fourth-order valence-corrected chi connectivity index (χ4v) is 12.7. The van der Waals surface area contributed by atoms with Crippen LogP contribution in [0, 0.1) is 5.92 Å². The van der Waals surface area contributed by atoms with Crippen molar-refractivity contribution in [2.45, 2.75) is 396 Å². The average molecular weight is 1380 g/mol. The maximum Gasteiger partial charge on any atom is 0.0433 e. The van der Waals surface area contributed by atoms with Crippen LogP contribution in [0.4, 0.5) is 0 Å². The number of hydrogen-bond donors (Lipinski definition) is 1. The first-order valence-electron chi connectivity index (χ1n) is 41.3. The Morgan fingerprint density at radius 2 is 0.277 bits per heavy atom. The van der Waals surface area contributed by atoms with Gasteiger partial charge in [0.05, 0.1) is 0 Å². The predicted octanol–water partition coefficient (Wildman–Crippen LogP) is 33.8. The number of aliphatic hydroxyl groups is 1. The van der Waals surface area contributed by atoms with Crippen LogP contribution in [0.2, 0.25) is 0 Å². The smallest absolute Gasteiger partial charge is 0.0433 e. The van der Waals surface area contributed by atoms with Gasteiger partial charge in [-0.1, -0.05) is 228 Å². The number of hydrogen-bond acceptors (Lipinski definition) is 1. The SMILES string of the molecule is CC(C)=CCCC(C)=CCCC(C)=CCCC(C)=CCCC(C)=CCCC(C)=CCCC(C)=CCCC(C)=CCCC(C)=CCCC(C)=CCCC(C)=CCCC(C)=CCCC(C)=CCCC(C)=CCCC(C)=CCCC(C)=CCCC(C)=CCCC(C)=CCCC(C)=CCCC(C)CCO. The second-order valence-electron chi connectivity index (χ2n) is 32.1. The van der Waals surface area contributed by atoms with E-state index < -0.39 is 0 Å². The molecule has 0 rings (SSSR count). The summed E-state index contributed by atoms with van der Waals surface area (Å²) in [5, 5.41) is 9.12. The van der Waals surface area contributed by atoms with Crippen molar-refractivity contribution < 1.29 is 5.11 Å². The quantitative estimate of drug-likeness (QED) is 0.0602. The van der Waals surface area contributed by atoms with E-state index in [-0.39, 0.29) is 0 Å². The van der Waals surface area contributed by atoms with Crippen LogP contribution in [0.3, 0.4) is 0 Å². The fraction of sp³-hybridized carbons (Fsp3) is 0.620. The van der Waals surface area contributed by atoms with E-state index in [1.807, 2.05) is 0 Å². The summed E-state index contributed by atoms with van der Waals surface area (Å²) in [6.07, 6.45) is 91.8. The standard InChI is InChI=1S/C100H164O/c1-81(2)41-22-42-82(3)43-23-44-83(4)45-24-46-84(5)47-25-48-85(6)49-26-50-86(7)51-27-52-87(8)53-28-54-88(9)55-29-56-89(10)57-30-58-90(11)59-31-60-91(12)61-32-62-92(13)63-33-64-93(14)65-34-66-94(15)67-35-68-95(16)69-36-70-96(17)71-37-72-97(18)73-38-74-98(19)75-39-76-99(20)77-40-78-100(21)79-80-101/h41,43,45,47,49,51,53,55,57,59,61,63,65,67,69,71,73,75,77,100-101H,22-40,42,44,46,48,50,52,54,56,58,60,62,64,66,68,70,72,74,76,78-80H2,1-21H3. The largest absolute Gasteiger partial charge is 0.396 e. The molecule has 0 amide bonds. The molecule has 0 aromatic heterocycles. The third kappa shape index (κ3) is 65.5. The molecule has 1 nitrogen and oxygen atoms in total. The minimum absolute atomic E-state index is 0.308. The van der Waals surface area contributed by atoms with Crippen molar-refractivity contribution in [1.82, 2.24) is 0 Å². The Bertz CT molecular complexity index is 2860. The summed E-state index contributed by atoms with van der Waals surface area (Å²) >= 11 is 0. The van der Waals surface area contributed by atoms with Crippen molar-refractivity contribution in [3.63, 3.8) is 0 Å². The highest BCUT2D eigenvalue weighted by Gasteiger charge is 2.04. The molecule has 1 N–H and O–H groups in total. The van der Waals surface area contributed by atoms with Crippen LogP contribution in [0.5, 0.6) is 0 Å². The Morgan fingerprint density at radius 3 is 0.386 bits per heavy atom. The molecular formula is C100H164O. The Hall–Kier alpha value is -4.98. The molecule has 0 heterocycles. The zero-order valence-corrected chi connectivity index (χ0v) is 70.8. The van der Waals surface area contributed by atoms with E-state index >= 15 is 0 Å². The van der Waals surface area contributed by atoms with Gasteiger partial charge in [-0.3, -0.25) is 0 Å². The Labute approximate surface area is 631 Å². The monoisotopic (exact) mass is 1380 g/mol. The molecule has 1 heteroatoms. The maximum atomic E-state index is 9.12. The van der Waals surface area contributed by atoms with Gasteiger partial charge in [0.25, 0.3) is 0 Å². The topological polar surface area (TPSA) is 20.2 Å². The summed E-state index contributed by atoms with van der Waals surface area (Å²) in [6, 6.07) is 0. The van der Waals surface area contributed by atoms with Gasteiger partial charge in [-0.05, 0) is 395 Å². The highest BCUT2D eigenvalue weighted by Crippen LogP contribution is 2.23. The third-order valence-electron chi connectivity index (χ3n) is 20.4. The lowest BCUT2D eigenvalue weighted by atomic mass is 10.0. The molecule has 1 atom stereocenters. The zero-order chi connectivity index (χ0) is 75.3. The summed E-state index contributed by atoms with van der Waals surface area (Å²) in [4.78, 5) is 0. The lowest BCUT2D eigenvalue weighted by Gasteiger charge is -2.07. The lowest BCUT2D eigenvalue weighted by molar-refractivity contribution is 0.259. The van der Waals surface area contributed by atoms with Crippen molar-refractivity contribution in [3.05, 3.63) is 221 Å². The minimum Gasteiger partial charge on any atom is -0.396 e. The minimum atomic E-state index is 0.308. The first kappa shape index (κ1) is 96.0. The Morgan fingerprint density at radius 1 is 0.168 bits per heavy atom. The molecule has 0 saturated heterocycles. The van der Waals surface area contributed by atoms with Crippen molar-refractivity contribution >= 4 is 0 Å². The Balaban J connectivity index is 4.35. The van der Waals surface area contributed by atoms with Gasteiger partial charge in [0.1, 0.15) is 0 Å². The van der Waals surface area contributed by atoms with E-state index in [0.29, 0.717) is 12.5 Å². The van der Waals surface area contributed by atoms with Crippen LogP contribution >= 0.6 is 0 Å². The average Bonchev–Trinajstić information content (AvgIpc) is 3.74. The number of allylic oxidation sites excluding steroid dienone is 38. The van der Waals surface area contributed by atoms with E-state index in [2.05, 4.69) is 261 Å². The lowest BCUT2D eigenvalue weighted by Crippen LogP contribution is -1.97. The molecule has 0 radical (unpaired) electrons. The molecule has 0 aliphatic carbocycles. The molecule has 0 aromatic carbocycles. The van der Waals surface area contributed by atoms with E-state index in [1.165, 1.54) is 228 Å². The first-order chi connectivity index (χ1) is 48.3. The second-order valence-corrected chi connectivity index (χ2v) is 32.1. The molecule has 570 valence electrons. The zero-order valence-electron chi connectivity index (χ0n) is 70.8. The van der Waals surface area contributed by atoms with Gasteiger partial charge >= 0.3 is 0 Å². The van der Waals surface area contributed by atoms with Crippen LogP contribution in [-0.2, 0) is 0 Å². The van der Waals surface area contributed by atoms with Crippen LogP contribution in [0.15, 0.2) is 221 Å². The summed E-state index contributed by atoms with van der Waals surface area (Å²) in [7, 11) is 0. The Kier molecular flexibility index (Phi) is 61.4. The summed E-state index contributed by atoms with van der Waals surface area (Å²) in [5.74, 6) is 0.611. The maximum absolute atomic E-state index is 9.12. The van der Waals surface area contributed by atoms with E-state index in [1.54, 1.807) is 0 Å². The molecule has 0 fully saturated rings. The van der Waals surface area contributed by atoms with Gasteiger partial charge < -0.3 is 5.11 Å². The molecule has 0 bridgehead atoms. The van der Waals surface area contributed by atoms with E-state index in [9.17, 15) is 0 Å². The molecule has 0 aliphatic rings. The van der Waals surface area contributed by atoms with E-state index in [4.69, 9.17) is 5.11 Å². The summed E-state index contributed by atoms with van der Waals surface area (Å²) < 4.78 is 0. The molecule has 0 aromatic rings. The fourth-order valence-electron chi connectivity index (χ4n) is 12.7. The van der Waals surface area contributed by atoms with Gasteiger partial charge in [0, 0.05) is 6.61 Å². The highest BCUT2D eigenvalue weighted by molar-refractivity contribution is 5.15. The van der Waals surface area contributed by atoms with Gasteiger partial charge in [0.15, 0.2) is 0 Å². The molecule has 0 spiro atoms. The van der Waals surface area contributed by atoms with Crippen LogP contribution < -0.4 is 0 Å². The molecule has 0 saturated carbocycles. The second kappa shape index (κ2) is 64.6. The van der Waals surface area contributed by atoms with E-state index in [0.717, 1.165) is 128 Å². The first-order valence-corrected chi connectivity index (χ1v) is 41.3.